The molecule has 2 heterocycles. The monoisotopic (exact) mass is 249 g/mol. The van der Waals surface area contributed by atoms with Gasteiger partial charge in [-0.3, -0.25) is 0 Å². The first kappa shape index (κ1) is 11.3. The van der Waals surface area contributed by atoms with E-state index in [1.165, 1.54) is 6.07 Å². The lowest BCUT2D eigenvalue weighted by Gasteiger charge is -2.34. The van der Waals surface area contributed by atoms with Crippen molar-refractivity contribution in [3.05, 3.63) is 53.1 Å². The van der Waals surface area contributed by atoms with E-state index in [2.05, 4.69) is 15.3 Å². The Balaban J connectivity index is 2.20. The van der Waals surface area contributed by atoms with Crippen LogP contribution in [0.5, 0.6) is 0 Å². The van der Waals surface area contributed by atoms with Crippen molar-refractivity contribution < 1.29 is 8.78 Å². The molecule has 1 aliphatic rings. The zero-order valence-electron chi connectivity index (χ0n) is 9.93. The minimum atomic E-state index is -0.792. The van der Waals surface area contributed by atoms with Gasteiger partial charge in [-0.25, -0.2) is 13.8 Å². The van der Waals surface area contributed by atoms with E-state index in [0.717, 1.165) is 29.9 Å². The standard InChI is InChI=1S/C13H13F2N3/c1-13(9-6-8(14)2-3-10(9)15)12-11(4-5-18-13)16-7-17-12/h2-3,6-7,18H,4-5H2,1H3,(H,16,17). The maximum Gasteiger partial charge on any atom is 0.128 e. The third kappa shape index (κ3) is 1.54. The van der Waals surface area contributed by atoms with Crippen molar-refractivity contribution in [2.45, 2.75) is 18.9 Å². The molecule has 5 heteroatoms. The summed E-state index contributed by atoms with van der Waals surface area (Å²) in [7, 11) is 0. The van der Waals surface area contributed by atoms with E-state index in [1.54, 1.807) is 6.33 Å². The van der Waals surface area contributed by atoms with Crippen molar-refractivity contribution in [3.63, 3.8) is 0 Å². The lowest BCUT2D eigenvalue weighted by atomic mass is 9.84. The SMILES string of the molecule is CC1(c2cc(F)ccc2F)NCCc2[nH]cnc21. The summed E-state index contributed by atoms with van der Waals surface area (Å²) in [6.07, 6.45) is 2.40. The molecule has 3 nitrogen and oxygen atoms in total. The summed E-state index contributed by atoms with van der Waals surface area (Å²) in [5.74, 6) is -0.876. The van der Waals surface area contributed by atoms with Crippen molar-refractivity contribution in [2.24, 2.45) is 0 Å². The Kier molecular flexibility index (Phi) is 2.45. The van der Waals surface area contributed by atoms with Gasteiger partial charge in [-0.05, 0) is 25.1 Å². The number of fused-ring (bicyclic) bond motifs is 1. The van der Waals surface area contributed by atoms with Gasteiger partial charge in [0.2, 0.25) is 0 Å². The van der Waals surface area contributed by atoms with Crippen molar-refractivity contribution in [1.82, 2.24) is 15.3 Å². The maximum absolute atomic E-state index is 14.0. The topological polar surface area (TPSA) is 40.7 Å². The van der Waals surface area contributed by atoms with Crippen LogP contribution < -0.4 is 5.32 Å². The Morgan fingerprint density at radius 2 is 2.17 bits per heavy atom. The Bertz CT molecular complexity index is 594. The van der Waals surface area contributed by atoms with E-state index in [4.69, 9.17) is 0 Å². The normalized spacial score (nSPS) is 22.8. The number of H-pyrrole nitrogens is 1. The fourth-order valence-electron chi connectivity index (χ4n) is 2.57. The zero-order valence-corrected chi connectivity index (χ0v) is 9.93. The van der Waals surface area contributed by atoms with Gasteiger partial charge < -0.3 is 10.3 Å². The van der Waals surface area contributed by atoms with Gasteiger partial charge in [-0.15, -0.1) is 0 Å². The van der Waals surface area contributed by atoms with Gasteiger partial charge in [-0.1, -0.05) is 0 Å². The molecule has 2 aromatic rings. The van der Waals surface area contributed by atoms with Crippen LogP contribution in [0.1, 0.15) is 23.9 Å². The predicted octanol–water partition coefficient (Wildman–Crippen LogP) is 2.10. The smallest absolute Gasteiger partial charge is 0.128 e. The quantitative estimate of drug-likeness (QED) is 0.812. The Labute approximate surface area is 103 Å². The molecule has 0 spiro atoms. The van der Waals surface area contributed by atoms with Crippen LogP contribution in [0.25, 0.3) is 0 Å². The van der Waals surface area contributed by atoms with Crippen molar-refractivity contribution in [3.8, 4) is 0 Å². The zero-order chi connectivity index (χ0) is 12.8. The van der Waals surface area contributed by atoms with Crippen LogP contribution in [-0.2, 0) is 12.0 Å². The van der Waals surface area contributed by atoms with Gasteiger partial charge in [0, 0.05) is 24.2 Å². The molecule has 1 atom stereocenters. The highest BCUT2D eigenvalue weighted by molar-refractivity contribution is 5.39. The Morgan fingerprint density at radius 1 is 1.33 bits per heavy atom. The van der Waals surface area contributed by atoms with E-state index in [9.17, 15) is 8.78 Å². The van der Waals surface area contributed by atoms with Gasteiger partial charge in [0.1, 0.15) is 11.6 Å². The summed E-state index contributed by atoms with van der Waals surface area (Å²) in [5.41, 5.74) is 1.20. The van der Waals surface area contributed by atoms with Crippen LogP contribution in [-0.4, -0.2) is 16.5 Å². The maximum atomic E-state index is 14.0. The average molecular weight is 249 g/mol. The molecule has 1 aliphatic heterocycles. The first-order valence-corrected chi connectivity index (χ1v) is 5.84. The van der Waals surface area contributed by atoms with Crippen LogP contribution in [0.3, 0.4) is 0 Å². The molecule has 0 amide bonds. The molecule has 0 fully saturated rings. The van der Waals surface area contributed by atoms with Crippen LogP contribution in [0.2, 0.25) is 0 Å². The fourth-order valence-corrected chi connectivity index (χ4v) is 2.57. The number of halogens is 2. The summed E-state index contributed by atoms with van der Waals surface area (Å²) in [5, 5.41) is 3.23. The molecule has 1 unspecified atom stereocenters. The number of nitrogens with zero attached hydrogens (tertiary/aromatic N) is 1. The lowest BCUT2D eigenvalue weighted by molar-refractivity contribution is 0.384. The van der Waals surface area contributed by atoms with Crippen molar-refractivity contribution in [2.75, 3.05) is 6.54 Å². The number of hydrogen-bond donors (Lipinski definition) is 2. The van der Waals surface area contributed by atoms with Crippen LogP contribution in [0.15, 0.2) is 24.5 Å². The number of aromatic nitrogens is 2. The van der Waals surface area contributed by atoms with E-state index in [-0.39, 0.29) is 5.56 Å². The summed E-state index contributed by atoms with van der Waals surface area (Å²) < 4.78 is 27.3. The average Bonchev–Trinajstić information content (AvgIpc) is 2.82. The van der Waals surface area contributed by atoms with Gasteiger partial charge in [0.25, 0.3) is 0 Å². The van der Waals surface area contributed by atoms with Gasteiger partial charge in [0.15, 0.2) is 0 Å². The first-order chi connectivity index (χ1) is 8.61. The summed E-state index contributed by atoms with van der Waals surface area (Å²) in [6, 6.07) is 3.50. The van der Waals surface area contributed by atoms with Gasteiger partial charge in [-0.2, -0.15) is 0 Å². The molecule has 0 radical (unpaired) electrons. The molecular weight excluding hydrogens is 236 g/mol. The van der Waals surface area contributed by atoms with Gasteiger partial charge >= 0.3 is 0 Å². The Hall–Kier alpha value is -1.75. The molecule has 3 rings (SSSR count). The molecular formula is C13H13F2N3. The molecule has 2 N–H and O–H groups in total. The van der Waals surface area contributed by atoms with Gasteiger partial charge in [0.05, 0.1) is 17.6 Å². The molecule has 18 heavy (non-hydrogen) atoms. The second-order valence-electron chi connectivity index (χ2n) is 4.66. The molecule has 0 bridgehead atoms. The van der Waals surface area contributed by atoms with Crippen molar-refractivity contribution >= 4 is 0 Å². The minimum Gasteiger partial charge on any atom is -0.348 e. The Morgan fingerprint density at radius 3 is 3.00 bits per heavy atom. The largest absolute Gasteiger partial charge is 0.348 e. The van der Waals surface area contributed by atoms with Crippen LogP contribution in [0, 0.1) is 11.6 Å². The number of aromatic amines is 1. The number of rotatable bonds is 1. The number of nitrogens with one attached hydrogen (secondary N) is 2. The first-order valence-electron chi connectivity index (χ1n) is 5.84. The molecule has 1 aromatic heterocycles. The predicted molar refractivity (Wildman–Crippen MR) is 63.1 cm³/mol. The molecule has 0 saturated heterocycles. The highest BCUT2D eigenvalue weighted by Gasteiger charge is 2.37. The highest BCUT2D eigenvalue weighted by Crippen LogP contribution is 2.34. The minimum absolute atomic E-state index is 0.288. The van der Waals surface area contributed by atoms with E-state index in [1.807, 2.05) is 6.92 Å². The van der Waals surface area contributed by atoms with Crippen LogP contribution >= 0.6 is 0 Å². The third-order valence-electron chi connectivity index (χ3n) is 3.51. The second-order valence-corrected chi connectivity index (χ2v) is 4.66. The van der Waals surface area contributed by atoms with E-state index < -0.39 is 17.2 Å². The number of benzene rings is 1. The number of imidazole rings is 1. The molecule has 0 aliphatic carbocycles. The van der Waals surface area contributed by atoms with Crippen LogP contribution in [0.4, 0.5) is 8.78 Å². The summed E-state index contributed by atoms with van der Waals surface area (Å²) >= 11 is 0. The molecule has 1 aromatic carbocycles. The summed E-state index contributed by atoms with van der Waals surface area (Å²) in [4.78, 5) is 7.30. The fraction of sp³-hybridized carbons (Fsp3) is 0.308. The number of hydrogen-bond acceptors (Lipinski definition) is 2. The van der Waals surface area contributed by atoms with E-state index in [0.29, 0.717) is 6.54 Å². The highest BCUT2D eigenvalue weighted by atomic mass is 19.1. The molecule has 0 saturated carbocycles. The summed E-state index contributed by atoms with van der Waals surface area (Å²) in [6.45, 7) is 2.52. The second kappa shape index (κ2) is 3.88. The molecule has 94 valence electrons. The third-order valence-corrected chi connectivity index (χ3v) is 3.51. The van der Waals surface area contributed by atoms with E-state index >= 15 is 0 Å². The van der Waals surface area contributed by atoms with Crippen molar-refractivity contribution in [1.29, 1.82) is 0 Å². The lowest BCUT2D eigenvalue weighted by Crippen LogP contribution is -2.46.